The van der Waals surface area contributed by atoms with Crippen LogP contribution in [0.1, 0.15) is 0 Å². The number of nitrogens with zero attached hydrogens (tertiary/aromatic N) is 3. The minimum Gasteiger partial charge on any atom is -0.491 e. The summed E-state index contributed by atoms with van der Waals surface area (Å²) in [5.41, 5.74) is 0.791. The third-order valence-corrected chi connectivity index (χ3v) is 3.18. The largest absolute Gasteiger partial charge is 0.491 e. The van der Waals surface area contributed by atoms with Crippen LogP contribution in [0, 0.1) is 0 Å². The zero-order valence-electron chi connectivity index (χ0n) is 10.7. The molecule has 0 N–H and O–H groups in total. The van der Waals surface area contributed by atoms with E-state index in [9.17, 15) is 0 Å². The van der Waals surface area contributed by atoms with Gasteiger partial charge >= 0.3 is 0 Å². The Bertz CT molecular complexity index is 550. The Morgan fingerprint density at radius 1 is 1.39 bits per heavy atom. The second kappa shape index (κ2) is 4.49. The Balaban J connectivity index is 1.98. The lowest BCUT2D eigenvalue weighted by molar-refractivity contribution is 0.325. The van der Waals surface area contributed by atoms with Crippen LogP contribution >= 0.6 is 0 Å². The number of hydrogen-bond donors (Lipinski definition) is 0. The summed E-state index contributed by atoms with van der Waals surface area (Å²) in [7, 11) is 4.14. The van der Waals surface area contributed by atoms with Crippen LogP contribution in [0.2, 0.25) is 0 Å². The zero-order valence-corrected chi connectivity index (χ0v) is 10.7. The summed E-state index contributed by atoms with van der Waals surface area (Å²) in [4.78, 5) is 4.39. The van der Waals surface area contributed by atoms with Gasteiger partial charge in [-0.2, -0.15) is 0 Å². The van der Waals surface area contributed by atoms with Crippen molar-refractivity contribution in [3.63, 3.8) is 0 Å². The topological polar surface area (TPSA) is 41.7 Å². The van der Waals surface area contributed by atoms with E-state index < -0.39 is 0 Å². The minimum absolute atomic E-state index is 0.683. The van der Waals surface area contributed by atoms with Crippen molar-refractivity contribution in [2.24, 2.45) is 0 Å². The molecule has 1 aliphatic rings. The fourth-order valence-corrected chi connectivity index (χ4v) is 2.19. The first-order valence-electron chi connectivity index (χ1n) is 6.16. The standard InChI is InChI=1S/C13H17N3O2/c1-15(2)6-7-16-8-9-17-10-4-3-5-11-12(10)13(16)14-18-11/h3-5H,6-9H2,1-2H3. The van der Waals surface area contributed by atoms with E-state index in [4.69, 9.17) is 9.26 Å². The number of anilines is 1. The van der Waals surface area contributed by atoms with Crippen molar-refractivity contribution in [1.29, 1.82) is 0 Å². The van der Waals surface area contributed by atoms with Crippen molar-refractivity contribution >= 4 is 16.8 Å². The van der Waals surface area contributed by atoms with Crippen molar-refractivity contribution in [2.45, 2.75) is 0 Å². The second-order valence-corrected chi connectivity index (χ2v) is 4.77. The maximum absolute atomic E-state index is 5.76. The molecule has 0 fully saturated rings. The van der Waals surface area contributed by atoms with Crippen LogP contribution in [-0.4, -0.2) is 50.4 Å². The third kappa shape index (κ3) is 1.90. The Kier molecular flexibility index (Phi) is 2.83. The van der Waals surface area contributed by atoms with Crippen molar-refractivity contribution in [3.8, 4) is 5.75 Å². The highest BCUT2D eigenvalue weighted by Gasteiger charge is 2.22. The van der Waals surface area contributed by atoms with E-state index in [-0.39, 0.29) is 0 Å². The molecule has 5 nitrogen and oxygen atoms in total. The summed E-state index contributed by atoms with van der Waals surface area (Å²) in [6.07, 6.45) is 0. The molecule has 0 bridgehead atoms. The van der Waals surface area contributed by atoms with Gasteiger partial charge in [0.2, 0.25) is 0 Å². The Morgan fingerprint density at radius 2 is 2.28 bits per heavy atom. The van der Waals surface area contributed by atoms with E-state index >= 15 is 0 Å². The molecule has 0 spiro atoms. The van der Waals surface area contributed by atoms with Crippen LogP contribution in [-0.2, 0) is 0 Å². The Labute approximate surface area is 106 Å². The quantitative estimate of drug-likeness (QED) is 0.824. The summed E-state index contributed by atoms with van der Waals surface area (Å²) in [6, 6.07) is 5.83. The summed E-state index contributed by atoms with van der Waals surface area (Å²) in [5.74, 6) is 1.77. The van der Waals surface area contributed by atoms with Gasteiger partial charge in [-0.3, -0.25) is 0 Å². The van der Waals surface area contributed by atoms with Gasteiger partial charge in [-0.05, 0) is 26.2 Å². The predicted molar refractivity (Wildman–Crippen MR) is 70.3 cm³/mol. The second-order valence-electron chi connectivity index (χ2n) is 4.77. The maximum atomic E-state index is 5.76. The molecule has 2 aromatic rings. The normalized spacial score (nSPS) is 14.9. The molecular formula is C13H17N3O2. The molecule has 1 aliphatic heterocycles. The fraction of sp³-hybridized carbons (Fsp3) is 0.462. The fourth-order valence-electron chi connectivity index (χ4n) is 2.19. The van der Waals surface area contributed by atoms with Crippen molar-refractivity contribution in [1.82, 2.24) is 10.1 Å². The highest BCUT2D eigenvalue weighted by atomic mass is 16.5. The van der Waals surface area contributed by atoms with Crippen LogP contribution in [0.5, 0.6) is 5.75 Å². The molecule has 0 unspecified atom stereocenters. The van der Waals surface area contributed by atoms with E-state index in [2.05, 4.69) is 29.1 Å². The van der Waals surface area contributed by atoms with E-state index in [1.807, 2.05) is 18.2 Å². The first-order valence-corrected chi connectivity index (χ1v) is 6.16. The van der Waals surface area contributed by atoms with Crippen LogP contribution in [0.25, 0.3) is 11.0 Å². The molecule has 1 aromatic heterocycles. The Morgan fingerprint density at radius 3 is 3.11 bits per heavy atom. The molecule has 0 saturated carbocycles. The molecule has 1 aromatic carbocycles. The number of benzene rings is 1. The van der Waals surface area contributed by atoms with Gasteiger partial charge in [0.25, 0.3) is 0 Å². The van der Waals surface area contributed by atoms with Gasteiger partial charge < -0.3 is 19.1 Å². The van der Waals surface area contributed by atoms with Gasteiger partial charge in [-0.25, -0.2) is 0 Å². The highest BCUT2D eigenvalue weighted by molar-refractivity contribution is 5.94. The van der Waals surface area contributed by atoms with Crippen molar-refractivity contribution in [2.75, 3.05) is 45.2 Å². The maximum Gasteiger partial charge on any atom is 0.183 e. The molecule has 0 aliphatic carbocycles. The van der Waals surface area contributed by atoms with Crippen LogP contribution in [0.3, 0.4) is 0 Å². The average Bonchev–Trinajstić information content (AvgIpc) is 2.68. The molecule has 0 saturated heterocycles. The van der Waals surface area contributed by atoms with Crippen LogP contribution in [0.4, 0.5) is 5.82 Å². The zero-order chi connectivity index (χ0) is 12.5. The van der Waals surface area contributed by atoms with Gasteiger partial charge in [-0.1, -0.05) is 11.2 Å². The molecular weight excluding hydrogens is 230 g/mol. The number of likely N-dealkylation sites (N-methyl/N-ethyl adjacent to an activating group) is 1. The number of ether oxygens (including phenoxy) is 1. The van der Waals surface area contributed by atoms with E-state index in [0.717, 1.165) is 42.2 Å². The van der Waals surface area contributed by atoms with E-state index in [0.29, 0.717) is 6.61 Å². The molecule has 96 valence electrons. The molecule has 0 radical (unpaired) electrons. The van der Waals surface area contributed by atoms with Gasteiger partial charge in [0.05, 0.1) is 6.54 Å². The summed E-state index contributed by atoms with van der Waals surface area (Å²) >= 11 is 0. The van der Waals surface area contributed by atoms with Crippen LogP contribution < -0.4 is 9.64 Å². The lowest BCUT2D eigenvalue weighted by atomic mass is 10.2. The molecule has 0 atom stereocenters. The predicted octanol–water partition coefficient (Wildman–Crippen LogP) is 1.59. The lowest BCUT2D eigenvalue weighted by Gasteiger charge is -2.21. The summed E-state index contributed by atoms with van der Waals surface area (Å²) in [5, 5.41) is 5.19. The minimum atomic E-state index is 0.683. The van der Waals surface area contributed by atoms with Crippen LogP contribution in [0.15, 0.2) is 22.7 Å². The Hall–Kier alpha value is -1.75. The molecule has 18 heavy (non-hydrogen) atoms. The summed E-state index contributed by atoms with van der Waals surface area (Å²) < 4.78 is 11.1. The van der Waals surface area contributed by atoms with Crippen molar-refractivity contribution < 1.29 is 9.26 Å². The van der Waals surface area contributed by atoms with Gasteiger partial charge in [0, 0.05) is 13.1 Å². The number of rotatable bonds is 3. The third-order valence-electron chi connectivity index (χ3n) is 3.18. The average molecular weight is 247 g/mol. The molecule has 3 rings (SSSR count). The lowest BCUT2D eigenvalue weighted by Crippen LogP contribution is -2.34. The number of aromatic nitrogens is 1. The first kappa shape index (κ1) is 11.3. The monoisotopic (exact) mass is 247 g/mol. The van der Waals surface area contributed by atoms with Gasteiger partial charge in [-0.15, -0.1) is 0 Å². The van der Waals surface area contributed by atoms with Crippen molar-refractivity contribution in [3.05, 3.63) is 18.2 Å². The highest BCUT2D eigenvalue weighted by Crippen LogP contribution is 2.35. The van der Waals surface area contributed by atoms with Gasteiger partial charge in [0.1, 0.15) is 17.7 Å². The molecule has 0 amide bonds. The first-order chi connectivity index (χ1) is 8.75. The van der Waals surface area contributed by atoms with E-state index in [1.165, 1.54) is 0 Å². The smallest absolute Gasteiger partial charge is 0.183 e. The number of hydrogen-bond acceptors (Lipinski definition) is 5. The summed E-state index contributed by atoms with van der Waals surface area (Å²) in [6.45, 7) is 3.43. The van der Waals surface area contributed by atoms with Gasteiger partial charge in [0.15, 0.2) is 11.4 Å². The SMILES string of the molecule is CN(C)CCN1CCOc2cccc3onc1c23. The molecule has 2 heterocycles. The van der Waals surface area contributed by atoms with E-state index in [1.54, 1.807) is 0 Å². The molecule has 5 heteroatoms.